The molecule has 2 aliphatic heterocycles. The van der Waals surface area contributed by atoms with Gasteiger partial charge in [-0.2, -0.15) is 0 Å². The fraction of sp³-hybridized carbons (Fsp3) is 0.733. The van der Waals surface area contributed by atoms with Gasteiger partial charge in [-0.15, -0.1) is 18.0 Å². The number of terminal acetylenes is 1. The summed E-state index contributed by atoms with van der Waals surface area (Å²) in [5.74, 6) is 2.46. The van der Waals surface area contributed by atoms with Gasteiger partial charge in [0.05, 0.1) is 35.9 Å². The van der Waals surface area contributed by atoms with E-state index in [1.807, 2.05) is 13.0 Å². The Morgan fingerprint density at radius 1 is 1.32 bits per heavy atom. The first kappa shape index (κ1) is 14.9. The summed E-state index contributed by atoms with van der Waals surface area (Å²) in [5.41, 5.74) is 0. The Morgan fingerprint density at radius 2 is 2.00 bits per heavy atom. The smallest absolute Gasteiger partial charge is 0.0868 e. The minimum atomic E-state index is -0.382. The van der Waals surface area contributed by atoms with Crippen molar-refractivity contribution in [2.24, 2.45) is 0 Å². The van der Waals surface area contributed by atoms with Crippen LogP contribution in [-0.4, -0.2) is 41.0 Å². The number of aliphatic hydroxyl groups is 1. The highest BCUT2D eigenvalue weighted by Crippen LogP contribution is 2.35. The molecule has 0 bridgehead atoms. The topological polar surface area (TPSA) is 38.7 Å². The van der Waals surface area contributed by atoms with Crippen LogP contribution in [0.3, 0.4) is 0 Å². The normalized spacial score (nSPS) is 42.8. The van der Waals surface area contributed by atoms with Crippen LogP contribution in [-0.2, 0) is 9.47 Å². The monoisotopic (exact) mass is 284 g/mol. The average molecular weight is 285 g/mol. The Kier molecular flexibility index (Phi) is 5.29. The van der Waals surface area contributed by atoms with Crippen molar-refractivity contribution in [3.05, 3.63) is 12.2 Å². The predicted molar refractivity (Wildman–Crippen MR) is 75.1 cm³/mol. The average Bonchev–Trinajstić information content (AvgIpc) is 2.93. The predicted octanol–water partition coefficient (Wildman–Crippen LogP) is 2.26. The molecule has 0 aromatic rings. The molecule has 0 saturated carbocycles. The lowest BCUT2D eigenvalue weighted by atomic mass is 10.0. The minimum Gasteiger partial charge on any atom is -0.390 e. The number of alkyl halides is 1. The molecular weight excluding hydrogens is 264 g/mol. The number of hydrogen-bond donors (Lipinski definition) is 1. The zero-order valence-corrected chi connectivity index (χ0v) is 11.9. The van der Waals surface area contributed by atoms with Crippen molar-refractivity contribution in [1.82, 2.24) is 0 Å². The summed E-state index contributed by atoms with van der Waals surface area (Å²) in [7, 11) is 0. The molecule has 0 unspecified atom stereocenters. The van der Waals surface area contributed by atoms with Crippen LogP contribution in [0.4, 0.5) is 0 Å². The maximum absolute atomic E-state index is 9.88. The van der Waals surface area contributed by atoms with Crippen LogP contribution in [0.2, 0.25) is 0 Å². The maximum Gasteiger partial charge on any atom is 0.0868 e. The molecular formula is C15H21ClO3. The maximum atomic E-state index is 9.88. The van der Waals surface area contributed by atoms with E-state index in [0.29, 0.717) is 6.42 Å². The molecule has 2 aliphatic rings. The molecule has 0 aliphatic carbocycles. The second kappa shape index (κ2) is 6.76. The van der Waals surface area contributed by atoms with E-state index in [4.69, 9.17) is 27.5 Å². The van der Waals surface area contributed by atoms with Gasteiger partial charge in [-0.3, -0.25) is 0 Å². The minimum absolute atomic E-state index is 0.0158. The quantitative estimate of drug-likeness (QED) is 0.636. The lowest BCUT2D eigenvalue weighted by Crippen LogP contribution is -2.26. The van der Waals surface area contributed by atoms with Gasteiger partial charge in [0.25, 0.3) is 0 Å². The number of aliphatic hydroxyl groups excluding tert-OH is 1. The SMILES string of the molecule is C#C/C=C/C[C@@H]1O[C@H]([C@H]2C[C@@H](O)[C@@H](CC)O2)C[C@H]1Cl. The fourth-order valence-electron chi connectivity index (χ4n) is 2.82. The molecule has 106 valence electrons. The molecule has 3 nitrogen and oxygen atoms in total. The van der Waals surface area contributed by atoms with E-state index in [2.05, 4.69) is 5.92 Å². The molecule has 2 fully saturated rings. The third kappa shape index (κ3) is 3.52. The summed E-state index contributed by atoms with van der Waals surface area (Å²) in [4.78, 5) is 0. The van der Waals surface area contributed by atoms with Crippen molar-refractivity contribution in [1.29, 1.82) is 0 Å². The Balaban J connectivity index is 1.87. The van der Waals surface area contributed by atoms with Gasteiger partial charge in [-0.25, -0.2) is 0 Å². The fourth-order valence-corrected chi connectivity index (χ4v) is 3.16. The van der Waals surface area contributed by atoms with Crippen LogP contribution in [0.25, 0.3) is 0 Å². The highest BCUT2D eigenvalue weighted by Gasteiger charge is 2.43. The van der Waals surface area contributed by atoms with Gasteiger partial charge in [-0.1, -0.05) is 18.9 Å². The summed E-state index contributed by atoms with van der Waals surface area (Å²) in [6.45, 7) is 2.02. The molecule has 1 N–H and O–H groups in total. The number of hydrogen-bond acceptors (Lipinski definition) is 3. The first-order valence-corrected chi connectivity index (χ1v) is 7.33. The molecule has 2 saturated heterocycles. The van der Waals surface area contributed by atoms with E-state index >= 15 is 0 Å². The Morgan fingerprint density at radius 3 is 2.63 bits per heavy atom. The molecule has 0 spiro atoms. The lowest BCUT2D eigenvalue weighted by Gasteiger charge is -2.19. The highest BCUT2D eigenvalue weighted by atomic mass is 35.5. The molecule has 0 aromatic carbocycles. The van der Waals surface area contributed by atoms with Crippen molar-refractivity contribution < 1.29 is 14.6 Å². The van der Waals surface area contributed by atoms with E-state index in [9.17, 15) is 5.11 Å². The molecule has 0 amide bonds. The van der Waals surface area contributed by atoms with Crippen LogP contribution in [0.15, 0.2) is 12.2 Å². The molecule has 0 aromatic heterocycles. The van der Waals surface area contributed by atoms with Crippen LogP contribution in [0, 0.1) is 12.3 Å². The van der Waals surface area contributed by atoms with Crippen LogP contribution in [0.5, 0.6) is 0 Å². The van der Waals surface area contributed by atoms with Crippen molar-refractivity contribution in [3.63, 3.8) is 0 Å². The summed E-state index contributed by atoms with van der Waals surface area (Å²) in [5, 5.41) is 9.86. The van der Waals surface area contributed by atoms with E-state index in [0.717, 1.165) is 19.3 Å². The largest absolute Gasteiger partial charge is 0.390 e. The first-order valence-electron chi connectivity index (χ1n) is 6.89. The van der Waals surface area contributed by atoms with Gasteiger partial charge in [-0.05, 0) is 25.3 Å². The van der Waals surface area contributed by atoms with E-state index in [1.54, 1.807) is 6.08 Å². The summed E-state index contributed by atoms with van der Waals surface area (Å²) in [6.07, 6.45) is 11.2. The van der Waals surface area contributed by atoms with Gasteiger partial charge >= 0.3 is 0 Å². The van der Waals surface area contributed by atoms with Crippen molar-refractivity contribution >= 4 is 11.6 Å². The molecule has 0 radical (unpaired) electrons. The number of allylic oxidation sites excluding steroid dienone is 1. The Bertz CT molecular complexity index is 363. The van der Waals surface area contributed by atoms with Gasteiger partial charge in [0.15, 0.2) is 0 Å². The second-order valence-electron chi connectivity index (χ2n) is 5.19. The van der Waals surface area contributed by atoms with Crippen molar-refractivity contribution in [2.75, 3.05) is 0 Å². The van der Waals surface area contributed by atoms with E-state index in [-0.39, 0.29) is 35.9 Å². The summed E-state index contributed by atoms with van der Waals surface area (Å²) in [6, 6.07) is 0. The van der Waals surface area contributed by atoms with Crippen LogP contribution < -0.4 is 0 Å². The zero-order valence-electron chi connectivity index (χ0n) is 11.2. The van der Waals surface area contributed by atoms with Gasteiger partial charge in [0.1, 0.15) is 0 Å². The second-order valence-corrected chi connectivity index (χ2v) is 5.75. The van der Waals surface area contributed by atoms with Crippen molar-refractivity contribution in [2.45, 2.75) is 68.5 Å². The first-order chi connectivity index (χ1) is 9.15. The third-order valence-corrected chi connectivity index (χ3v) is 4.32. The van der Waals surface area contributed by atoms with Crippen LogP contribution >= 0.6 is 11.6 Å². The molecule has 2 rings (SSSR count). The molecule has 19 heavy (non-hydrogen) atoms. The van der Waals surface area contributed by atoms with E-state index in [1.165, 1.54) is 0 Å². The Labute approximate surface area is 119 Å². The number of ether oxygens (including phenoxy) is 2. The molecule has 4 heteroatoms. The number of halogens is 1. The number of rotatable bonds is 4. The molecule has 2 heterocycles. The van der Waals surface area contributed by atoms with Crippen LogP contribution in [0.1, 0.15) is 32.6 Å². The summed E-state index contributed by atoms with van der Waals surface area (Å²) >= 11 is 6.31. The van der Waals surface area contributed by atoms with Crippen molar-refractivity contribution in [3.8, 4) is 12.3 Å². The lowest BCUT2D eigenvalue weighted by molar-refractivity contribution is -0.0693. The highest BCUT2D eigenvalue weighted by molar-refractivity contribution is 6.21. The summed E-state index contributed by atoms with van der Waals surface area (Å²) < 4.78 is 11.8. The standard InChI is InChI=1S/C15H21ClO3/c1-3-5-6-7-13-10(16)8-14(19-13)15-9-11(17)12(4-2)18-15/h1,5-6,10-15,17H,4,7-9H2,2H3/b6-5+/t10-,11-,12-,13+,14+,15-/m1/s1. The third-order valence-electron chi connectivity index (χ3n) is 3.86. The van der Waals surface area contributed by atoms with Gasteiger partial charge in [0, 0.05) is 6.42 Å². The van der Waals surface area contributed by atoms with Gasteiger partial charge < -0.3 is 14.6 Å². The zero-order chi connectivity index (χ0) is 13.8. The molecule has 6 atom stereocenters. The van der Waals surface area contributed by atoms with Gasteiger partial charge in [0.2, 0.25) is 0 Å². The Hall–Kier alpha value is -0.530. The van der Waals surface area contributed by atoms with E-state index < -0.39 is 0 Å².